The standard InChI is InChI=1S/C15H16F3N3OS/c1-10-5-3-4-6-11(10)7-8-23-14-12(9-19-22)13(15(16,17)18)20-21(14)2/h3-6,9,22H,7-8H2,1-2H3. The van der Waals surface area contributed by atoms with Gasteiger partial charge < -0.3 is 5.21 Å². The number of benzene rings is 1. The normalized spacial score (nSPS) is 12.2. The first kappa shape index (κ1) is 17.4. The number of alkyl halides is 3. The van der Waals surface area contributed by atoms with Gasteiger partial charge in [0.25, 0.3) is 0 Å². The molecule has 0 aliphatic rings. The van der Waals surface area contributed by atoms with Gasteiger partial charge in [0.2, 0.25) is 0 Å². The fraction of sp³-hybridized carbons (Fsp3) is 0.333. The van der Waals surface area contributed by atoms with E-state index in [1.807, 2.05) is 31.2 Å². The molecule has 1 aromatic carbocycles. The maximum absolute atomic E-state index is 13.0. The summed E-state index contributed by atoms with van der Waals surface area (Å²) >= 11 is 1.25. The molecule has 1 N–H and O–H groups in total. The zero-order valence-corrected chi connectivity index (χ0v) is 13.4. The number of oxime groups is 1. The fourth-order valence-corrected chi connectivity index (χ4v) is 3.28. The van der Waals surface area contributed by atoms with Gasteiger partial charge in [-0.3, -0.25) is 4.68 Å². The highest BCUT2D eigenvalue weighted by Gasteiger charge is 2.38. The number of thioether (sulfide) groups is 1. The van der Waals surface area contributed by atoms with Gasteiger partial charge in [0.15, 0.2) is 5.69 Å². The number of rotatable bonds is 5. The lowest BCUT2D eigenvalue weighted by Gasteiger charge is -2.06. The van der Waals surface area contributed by atoms with Gasteiger partial charge in [0.05, 0.1) is 11.8 Å². The summed E-state index contributed by atoms with van der Waals surface area (Å²) in [6.07, 6.45) is -3.09. The third kappa shape index (κ3) is 4.07. The SMILES string of the molecule is Cc1ccccc1CCSc1c(C=NO)c(C(F)(F)F)nn1C. The highest BCUT2D eigenvalue weighted by Crippen LogP contribution is 2.35. The van der Waals surface area contributed by atoms with Gasteiger partial charge in [-0.05, 0) is 24.5 Å². The molecule has 0 aliphatic carbocycles. The molecule has 1 heterocycles. The van der Waals surface area contributed by atoms with E-state index in [0.717, 1.165) is 23.8 Å². The van der Waals surface area contributed by atoms with Crippen molar-refractivity contribution in [2.45, 2.75) is 24.5 Å². The fourth-order valence-electron chi connectivity index (χ4n) is 2.23. The monoisotopic (exact) mass is 343 g/mol. The van der Waals surface area contributed by atoms with Crippen molar-refractivity contribution in [1.82, 2.24) is 9.78 Å². The highest BCUT2D eigenvalue weighted by atomic mass is 32.2. The van der Waals surface area contributed by atoms with Crippen molar-refractivity contribution in [2.75, 3.05) is 5.75 Å². The van der Waals surface area contributed by atoms with Crippen LogP contribution >= 0.6 is 11.8 Å². The van der Waals surface area contributed by atoms with E-state index in [9.17, 15) is 13.2 Å². The first-order valence-electron chi connectivity index (χ1n) is 6.83. The molecule has 0 saturated carbocycles. The Labute approximate surface area is 136 Å². The van der Waals surface area contributed by atoms with Crippen LogP contribution in [-0.2, 0) is 19.6 Å². The van der Waals surface area contributed by atoms with Crippen molar-refractivity contribution >= 4 is 18.0 Å². The highest BCUT2D eigenvalue weighted by molar-refractivity contribution is 7.99. The maximum Gasteiger partial charge on any atom is 0.435 e. The lowest BCUT2D eigenvalue weighted by Crippen LogP contribution is -2.09. The van der Waals surface area contributed by atoms with Crippen LogP contribution in [-0.4, -0.2) is 27.0 Å². The zero-order chi connectivity index (χ0) is 17.0. The summed E-state index contributed by atoms with van der Waals surface area (Å²) < 4.78 is 40.1. The van der Waals surface area contributed by atoms with Gasteiger partial charge in [-0.2, -0.15) is 18.3 Å². The second kappa shape index (κ2) is 7.08. The molecule has 0 unspecified atom stereocenters. The van der Waals surface area contributed by atoms with E-state index in [1.54, 1.807) is 0 Å². The van der Waals surface area contributed by atoms with E-state index in [4.69, 9.17) is 5.21 Å². The third-order valence-electron chi connectivity index (χ3n) is 3.36. The van der Waals surface area contributed by atoms with Gasteiger partial charge in [-0.25, -0.2) is 0 Å². The summed E-state index contributed by atoms with van der Waals surface area (Å²) in [6, 6.07) is 7.87. The molecule has 4 nitrogen and oxygen atoms in total. The molecule has 0 amide bonds. The number of aromatic nitrogens is 2. The molecule has 0 aliphatic heterocycles. The average Bonchev–Trinajstić information content (AvgIpc) is 2.79. The first-order valence-corrected chi connectivity index (χ1v) is 7.82. The number of halogens is 3. The van der Waals surface area contributed by atoms with Gasteiger partial charge in [-0.15, -0.1) is 11.8 Å². The van der Waals surface area contributed by atoms with E-state index < -0.39 is 11.9 Å². The average molecular weight is 343 g/mol. The molecule has 2 rings (SSSR count). The summed E-state index contributed by atoms with van der Waals surface area (Å²) in [5, 5.41) is 15.2. The molecule has 0 spiro atoms. The zero-order valence-electron chi connectivity index (χ0n) is 12.6. The molecule has 0 saturated heterocycles. The molecule has 8 heteroatoms. The second-order valence-electron chi connectivity index (χ2n) is 4.96. The number of nitrogens with zero attached hydrogens (tertiary/aromatic N) is 3. The molecule has 0 fully saturated rings. The van der Waals surface area contributed by atoms with Crippen LogP contribution in [0, 0.1) is 6.92 Å². The minimum atomic E-state index is -4.59. The van der Waals surface area contributed by atoms with E-state index in [1.165, 1.54) is 23.5 Å². The van der Waals surface area contributed by atoms with Crippen LogP contribution in [0.4, 0.5) is 13.2 Å². The molecule has 124 valence electrons. The topological polar surface area (TPSA) is 50.4 Å². The van der Waals surface area contributed by atoms with Gasteiger partial charge >= 0.3 is 6.18 Å². The predicted octanol–water partition coefficient (Wildman–Crippen LogP) is 3.89. The third-order valence-corrected chi connectivity index (χ3v) is 4.52. The molecular formula is C15H16F3N3OS. The Morgan fingerprint density at radius 2 is 2.04 bits per heavy atom. The van der Waals surface area contributed by atoms with Crippen molar-refractivity contribution < 1.29 is 18.4 Å². The van der Waals surface area contributed by atoms with Crippen molar-refractivity contribution in [3.05, 3.63) is 46.6 Å². The van der Waals surface area contributed by atoms with Crippen LogP contribution in [0.2, 0.25) is 0 Å². The van der Waals surface area contributed by atoms with Crippen LogP contribution in [0.3, 0.4) is 0 Å². The smallest absolute Gasteiger partial charge is 0.411 e. The molecule has 0 atom stereocenters. The predicted molar refractivity (Wildman–Crippen MR) is 83.2 cm³/mol. The summed E-state index contributed by atoms with van der Waals surface area (Å²) in [5.41, 5.74) is 1.04. The van der Waals surface area contributed by atoms with Crippen LogP contribution in [0.25, 0.3) is 0 Å². The Bertz CT molecular complexity index is 710. The number of hydrogen-bond acceptors (Lipinski definition) is 4. The summed E-state index contributed by atoms with van der Waals surface area (Å²) in [5.74, 6) is 0.591. The van der Waals surface area contributed by atoms with Crippen molar-refractivity contribution in [1.29, 1.82) is 0 Å². The maximum atomic E-state index is 13.0. The lowest BCUT2D eigenvalue weighted by atomic mass is 10.1. The van der Waals surface area contributed by atoms with Crippen molar-refractivity contribution in [2.24, 2.45) is 12.2 Å². The molecule has 1 aromatic heterocycles. The Hall–Kier alpha value is -1.96. The lowest BCUT2D eigenvalue weighted by molar-refractivity contribution is -0.141. The molecule has 0 bridgehead atoms. The van der Waals surface area contributed by atoms with Crippen LogP contribution in [0.1, 0.15) is 22.4 Å². The minimum Gasteiger partial charge on any atom is -0.411 e. The van der Waals surface area contributed by atoms with Gasteiger partial charge in [0.1, 0.15) is 5.03 Å². The van der Waals surface area contributed by atoms with Gasteiger partial charge in [0, 0.05) is 12.8 Å². The van der Waals surface area contributed by atoms with E-state index in [2.05, 4.69) is 10.3 Å². The van der Waals surface area contributed by atoms with E-state index >= 15 is 0 Å². The Morgan fingerprint density at radius 3 is 2.65 bits per heavy atom. The van der Waals surface area contributed by atoms with Crippen molar-refractivity contribution in [3.8, 4) is 0 Å². The van der Waals surface area contributed by atoms with E-state index in [0.29, 0.717) is 10.8 Å². The van der Waals surface area contributed by atoms with Crippen LogP contribution in [0.15, 0.2) is 34.4 Å². The molecule has 23 heavy (non-hydrogen) atoms. The minimum absolute atomic E-state index is 0.211. The summed E-state index contributed by atoms with van der Waals surface area (Å²) in [6.45, 7) is 2.00. The molecular weight excluding hydrogens is 327 g/mol. The Kier molecular flexibility index (Phi) is 5.35. The quantitative estimate of drug-likeness (QED) is 0.388. The van der Waals surface area contributed by atoms with Crippen LogP contribution < -0.4 is 0 Å². The summed E-state index contributed by atoms with van der Waals surface area (Å²) in [7, 11) is 1.44. The number of hydrogen-bond donors (Lipinski definition) is 1. The van der Waals surface area contributed by atoms with Crippen LogP contribution in [0.5, 0.6) is 0 Å². The largest absolute Gasteiger partial charge is 0.435 e. The Balaban J connectivity index is 2.20. The molecule has 0 radical (unpaired) electrons. The Morgan fingerprint density at radius 1 is 1.35 bits per heavy atom. The van der Waals surface area contributed by atoms with E-state index in [-0.39, 0.29) is 5.56 Å². The van der Waals surface area contributed by atoms with Gasteiger partial charge in [-0.1, -0.05) is 29.4 Å². The van der Waals surface area contributed by atoms with Crippen molar-refractivity contribution in [3.63, 3.8) is 0 Å². The number of aryl methyl sites for hydroxylation is 3. The summed E-state index contributed by atoms with van der Waals surface area (Å²) in [4.78, 5) is 0. The first-order chi connectivity index (χ1) is 10.8. The second-order valence-corrected chi connectivity index (χ2v) is 6.04. The molecule has 2 aromatic rings.